The van der Waals surface area contributed by atoms with Crippen LogP contribution in [0, 0.1) is 0 Å². The minimum Gasteiger partial charge on any atom is -0.383 e. The highest BCUT2D eigenvalue weighted by Gasteiger charge is 2.27. The normalized spacial score (nSPS) is 15.6. The smallest absolute Gasteiger partial charge is 0.246 e. The summed E-state index contributed by atoms with van der Waals surface area (Å²) in [5, 5.41) is 7.34. The number of aromatic nitrogens is 2. The van der Waals surface area contributed by atoms with Crippen LogP contribution in [-0.2, 0) is 16.6 Å². The molecule has 2 heterocycles. The molecule has 1 aliphatic heterocycles. The monoisotopic (exact) mass is 436 g/mol. The summed E-state index contributed by atoms with van der Waals surface area (Å²) in [5.41, 5.74) is 0.841. The molecule has 9 heteroatoms. The van der Waals surface area contributed by atoms with Crippen LogP contribution in [0.4, 0.5) is 5.69 Å². The van der Waals surface area contributed by atoms with Crippen molar-refractivity contribution in [3.63, 3.8) is 0 Å². The number of guanidine groups is 1. The van der Waals surface area contributed by atoms with Crippen LogP contribution in [0.1, 0.15) is 6.92 Å². The van der Waals surface area contributed by atoms with E-state index in [9.17, 15) is 4.79 Å². The molecule has 1 N–H and O–H groups in total. The Morgan fingerprint density at radius 3 is 2.83 bits per heavy atom. The lowest BCUT2D eigenvalue weighted by Crippen LogP contribution is -2.55. The summed E-state index contributed by atoms with van der Waals surface area (Å²) in [6.45, 7) is 5.60. The van der Waals surface area contributed by atoms with Crippen molar-refractivity contribution in [2.75, 3.05) is 51.3 Å². The van der Waals surface area contributed by atoms with Crippen LogP contribution in [0.25, 0.3) is 0 Å². The van der Waals surface area contributed by atoms with Crippen LogP contribution in [-0.4, -0.2) is 73.0 Å². The molecule has 0 aliphatic carbocycles. The molecule has 0 saturated carbocycles. The van der Waals surface area contributed by atoms with E-state index in [1.54, 1.807) is 22.9 Å². The second-order valence-electron chi connectivity index (χ2n) is 5.07. The number of ether oxygens (including phenoxy) is 1. The Hall–Kier alpha value is -1.36. The fourth-order valence-corrected chi connectivity index (χ4v) is 2.34. The van der Waals surface area contributed by atoms with Gasteiger partial charge in [-0.15, -0.1) is 24.0 Å². The molecule has 1 aromatic heterocycles. The Labute approximate surface area is 153 Å². The Morgan fingerprint density at radius 1 is 1.48 bits per heavy atom. The molecule has 2 rings (SSSR count). The van der Waals surface area contributed by atoms with Gasteiger partial charge in [0.25, 0.3) is 0 Å². The summed E-state index contributed by atoms with van der Waals surface area (Å²) < 4.78 is 6.72. The number of nitrogens with one attached hydrogen (secondary N) is 1. The number of amides is 1. The molecule has 1 aliphatic rings. The average Bonchev–Trinajstić information content (AvgIpc) is 2.93. The SMILES string of the molecule is CCNC(=NCCOC)N1CCN(c2cnn(C)c2)C(=O)C1.I. The van der Waals surface area contributed by atoms with Crippen LogP contribution in [0.5, 0.6) is 0 Å². The highest BCUT2D eigenvalue weighted by atomic mass is 127. The third-order valence-electron chi connectivity index (χ3n) is 3.42. The largest absolute Gasteiger partial charge is 0.383 e. The van der Waals surface area contributed by atoms with Gasteiger partial charge in [0, 0.05) is 40.0 Å². The van der Waals surface area contributed by atoms with Gasteiger partial charge in [0.1, 0.15) is 6.54 Å². The second-order valence-corrected chi connectivity index (χ2v) is 5.07. The number of rotatable bonds is 5. The van der Waals surface area contributed by atoms with Crippen LogP contribution >= 0.6 is 24.0 Å². The summed E-state index contributed by atoms with van der Waals surface area (Å²) in [5.74, 6) is 0.815. The highest BCUT2D eigenvalue weighted by molar-refractivity contribution is 14.0. The number of hydrogen-bond acceptors (Lipinski definition) is 4. The number of carbonyl (C=O) groups is 1. The van der Waals surface area contributed by atoms with Gasteiger partial charge in [-0.3, -0.25) is 14.5 Å². The van der Waals surface area contributed by atoms with Crippen molar-refractivity contribution in [3.8, 4) is 0 Å². The van der Waals surface area contributed by atoms with E-state index in [4.69, 9.17) is 4.74 Å². The van der Waals surface area contributed by atoms with E-state index in [-0.39, 0.29) is 29.9 Å². The van der Waals surface area contributed by atoms with Gasteiger partial charge in [0.15, 0.2) is 5.96 Å². The number of hydrogen-bond donors (Lipinski definition) is 1. The summed E-state index contributed by atoms with van der Waals surface area (Å²) in [7, 11) is 3.49. The van der Waals surface area contributed by atoms with Gasteiger partial charge in [0.05, 0.1) is 25.0 Å². The first kappa shape index (κ1) is 19.7. The van der Waals surface area contributed by atoms with Gasteiger partial charge in [-0.2, -0.15) is 5.10 Å². The molecule has 0 radical (unpaired) electrons. The Bertz CT molecular complexity index is 533. The van der Waals surface area contributed by atoms with Crippen LogP contribution < -0.4 is 10.2 Å². The Morgan fingerprint density at radius 2 is 2.26 bits per heavy atom. The zero-order valence-electron chi connectivity index (χ0n) is 13.9. The minimum atomic E-state index is 0. The van der Waals surface area contributed by atoms with E-state index < -0.39 is 0 Å². The minimum absolute atomic E-state index is 0. The lowest BCUT2D eigenvalue weighted by Gasteiger charge is -2.35. The number of anilines is 1. The van der Waals surface area contributed by atoms with E-state index in [2.05, 4.69) is 15.4 Å². The number of aliphatic imine (C=N–C) groups is 1. The van der Waals surface area contributed by atoms with E-state index in [0.29, 0.717) is 26.2 Å². The first-order valence-electron chi connectivity index (χ1n) is 7.47. The zero-order valence-corrected chi connectivity index (χ0v) is 16.2. The van der Waals surface area contributed by atoms with Gasteiger partial charge in [0.2, 0.25) is 5.91 Å². The average molecular weight is 436 g/mol. The standard InChI is InChI=1S/C14H24N6O2.HI/c1-4-15-14(16-5-8-22-3)19-6-7-20(13(21)11-19)12-9-17-18(2)10-12;/h9-10H,4-8,11H2,1-3H3,(H,15,16);1H. The predicted octanol–water partition coefficient (Wildman–Crippen LogP) is 0.299. The molecule has 8 nitrogen and oxygen atoms in total. The fourth-order valence-electron chi connectivity index (χ4n) is 2.34. The molecule has 23 heavy (non-hydrogen) atoms. The molecule has 0 aromatic carbocycles. The topological polar surface area (TPSA) is 75.0 Å². The van der Waals surface area contributed by atoms with Crippen molar-refractivity contribution in [1.82, 2.24) is 20.0 Å². The maximum atomic E-state index is 12.4. The predicted molar refractivity (Wildman–Crippen MR) is 100 cm³/mol. The number of carbonyl (C=O) groups excluding carboxylic acids is 1. The number of nitrogens with zero attached hydrogens (tertiary/aromatic N) is 5. The summed E-state index contributed by atoms with van der Waals surface area (Å²) in [4.78, 5) is 20.6. The van der Waals surface area contributed by atoms with E-state index in [1.807, 2.05) is 25.1 Å². The number of aryl methyl sites for hydroxylation is 1. The van der Waals surface area contributed by atoms with E-state index in [0.717, 1.165) is 24.7 Å². The summed E-state index contributed by atoms with van der Waals surface area (Å²) in [6.07, 6.45) is 3.57. The molecule has 0 bridgehead atoms. The van der Waals surface area contributed by atoms with E-state index >= 15 is 0 Å². The Balaban J connectivity index is 0.00000264. The maximum Gasteiger partial charge on any atom is 0.246 e. The summed E-state index contributed by atoms with van der Waals surface area (Å²) >= 11 is 0. The molecular weight excluding hydrogens is 411 g/mol. The Kier molecular flexibility index (Phi) is 8.31. The second kappa shape index (κ2) is 9.71. The molecule has 0 spiro atoms. The van der Waals surface area contributed by atoms with Gasteiger partial charge in [-0.25, -0.2) is 0 Å². The van der Waals surface area contributed by atoms with Crippen LogP contribution in [0.3, 0.4) is 0 Å². The number of piperazine rings is 1. The first-order valence-corrected chi connectivity index (χ1v) is 7.47. The molecule has 0 atom stereocenters. The third kappa shape index (κ3) is 5.34. The van der Waals surface area contributed by atoms with Crippen molar-refractivity contribution in [2.24, 2.45) is 12.0 Å². The molecule has 1 amide bonds. The molecule has 0 unspecified atom stereocenters. The van der Waals surface area contributed by atoms with Gasteiger partial charge >= 0.3 is 0 Å². The van der Waals surface area contributed by atoms with E-state index in [1.165, 1.54) is 0 Å². The molecule has 1 aromatic rings. The first-order chi connectivity index (χ1) is 10.7. The lowest BCUT2D eigenvalue weighted by molar-refractivity contribution is -0.120. The lowest BCUT2D eigenvalue weighted by atomic mass is 10.3. The number of halogens is 1. The zero-order chi connectivity index (χ0) is 15.9. The van der Waals surface area contributed by atoms with Gasteiger partial charge in [-0.1, -0.05) is 0 Å². The number of methoxy groups -OCH3 is 1. The van der Waals surface area contributed by atoms with Crippen molar-refractivity contribution in [2.45, 2.75) is 6.92 Å². The van der Waals surface area contributed by atoms with Gasteiger partial charge in [-0.05, 0) is 6.92 Å². The van der Waals surface area contributed by atoms with Gasteiger partial charge < -0.3 is 19.9 Å². The fraction of sp³-hybridized carbons (Fsp3) is 0.643. The maximum absolute atomic E-state index is 12.4. The highest BCUT2D eigenvalue weighted by Crippen LogP contribution is 2.15. The van der Waals surface area contributed by atoms with Crippen molar-refractivity contribution >= 4 is 41.5 Å². The molecular formula is C14H25IN6O2. The van der Waals surface area contributed by atoms with Crippen molar-refractivity contribution in [3.05, 3.63) is 12.4 Å². The molecule has 1 fully saturated rings. The molecule has 130 valence electrons. The van der Waals surface area contributed by atoms with Crippen LogP contribution in [0.2, 0.25) is 0 Å². The van der Waals surface area contributed by atoms with Crippen LogP contribution in [0.15, 0.2) is 17.4 Å². The molecule has 1 saturated heterocycles. The quantitative estimate of drug-likeness (QED) is 0.311. The summed E-state index contributed by atoms with van der Waals surface area (Å²) in [6, 6.07) is 0. The van der Waals surface area contributed by atoms with Crippen molar-refractivity contribution < 1.29 is 9.53 Å². The van der Waals surface area contributed by atoms with Crippen molar-refractivity contribution in [1.29, 1.82) is 0 Å². The third-order valence-corrected chi connectivity index (χ3v) is 3.42.